The minimum Gasteiger partial charge on any atom is -0.481 e. The van der Waals surface area contributed by atoms with Crippen molar-refractivity contribution in [3.63, 3.8) is 0 Å². The van der Waals surface area contributed by atoms with Gasteiger partial charge in [-0.2, -0.15) is 0 Å². The molecule has 1 fully saturated rings. The number of hydrogen-bond acceptors (Lipinski definition) is 3. The molecule has 0 aliphatic heterocycles. The van der Waals surface area contributed by atoms with Crippen LogP contribution in [0.2, 0.25) is 0 Å². The van der Waals surface area contributed by atoms with Crippen LogP contribution in [-0.2, 0) is 9.53 Å². The minimum atomic E-state index is -0.835. The van der Waals surface area contributed by atoms with E-state index in [2.05, 4.69) is 5.32 Å². The molecule has 1 aliphatic carbocycles. The lowest BCUT2D eigenvalue weighted by Gasteiger charge is -2.22. The first-order valence-electron chi connectivity index (χ1n) is 6.49. The van der Waals surface area contributed by atoms with Gasteiger partial charge in [0.1, 0.15) is 5.60 Å². The molecule has 104 valence electrons. The van der Waals surface area contributed by atoms with E-state index in [4.69, 9.17) is 4.74 Å². The zero-order valence-electron chi connectivity index (χ0n) is 11.4. The van der Waals surface area contributed by atoms with Crippen molar-refractivity contribution in [2.24, 2.45) is 11.8 Å². The van der Waals surface area contributed by atoms with Crippen LogP contribution in [0.15, 0.2) is 0 Å². The summed E-state index contributed by atoms with van der Waals surface area (Å²) in [4.78, 5) is 22.7. The van der Waals surface area contributed by atoms with E-state index in [9.17, 15) is 14.7 Å². The van der Waals surface area contributed by atoms with Crippen molar-refractivity contribution in [2.45, 2.75) is 52.1 Å². The van der Waals surface area contributed by atoms with Crippen LogP contribution in [0.4, 0.5) is 4.79 Å². The number of carbonyl (C=O) groups excluding carboxylic acids is 1. The van der Waals surface area contributed by atoms with Gasteiger partial charge in [-0.1, -0.05) is 12.8 Å². The standard InChI is InChI=1S/C13H23NO4/c1-13(2,3)18-12(17)14-8-10(11(15)16)9-6-4-5-7-9/h9-10H,4-8H2,1-3H3,(H,14,17)(H,15,16)/t10-/m1/s1. The van der Waals surface area contributed by atoms with Crippen molar-refractivity contribution in [1.82, 2.24) is 5.32 Å². The van der Waals surface area contributed by atoms with Crippen LogP contribution in [0.3, 0.4) is 0 Å². The first-order valence-corrected chi connectivity index (χ1v) is 6.49. The summed E-state index contributed by atoms with van der Waals surface area (Å²) in [5, 5.41) is 11.7. The van der Waals surface area contributed by atoms with Crippen LogP contribution >= 0.6 is 0 Å². The number of nitrogens with one attached hydrogen (secondary N) is 1. The average Bonchev–Trinajstić information content (AvgIpc) is 2.67. The molecular formula is C13H23NO4. The Kier molecular flexibility index (Phi) is 4.99. The maximum atomic E-state index is 11.5. The van der Waals surface area contributed by atoms with Crippen molar-refractivity contribution in [3.8, 4) is 0 Å². The maximum Gasteiger partial charge on any atom is 0.407 e. The summed E-state index contributed by atoms with van der Waals surface area (Å²) in [5.74, 6) is -1.16. The van der Waals surface area contributed by atoms with Gasteiger partial charge in [-0.05, 0) is 39.5 Å². The van der Waals surface area contributed by atoms with Gasteiger partial charge in [0, 0.05) is 6.54 Å². The summed E-state index contributed by atoms with van der Waals surface area (Å²) in [6, 6.07) is 0. The van der Waals surface area contributed by atoms with Crippen LogP contribution in [0.5, 0.6) is 0 Å². The highest BCUT2D eigenvalue weighted by atomic mass is 16.6. The molecule has 1 rings (SSSR count). The zero-order chi connectivity index (χ0) is 13.8. The van der Waals surface area contributed by atoms with Crippen molar-refractivity contribution in [3.05, 3.63) is 0 Å². The van der Waals surface area contributed by atoms with Crippen LogP contribution in [0.25, 0.3) is 0 Å². The van der Waals surface area contributed by atoms with E-state index in [1.807, 2.05) is 0 Å². The highest BCUT2D eigenvalue weighted by Crippen LogP contribution is 2.31. The number of rotatable bonds is 4. The number of carboxylic acids is 1. The molecule has 1 amide bonds. The topological polar surface area (TPSA) is 75.6 Å². The SMILES string of the molecule is CC(C)(C)OC(=O)NC[C@@H](C(=O)O)C1CCCC1. The lowest BCUT2D eigenvalue weighted by Crippen LogP contribution is -2.39. The predicted octanol–water partition coefficient (Wildman–Crippen LogP) is 2.40. The normalized spacial score (nSPS) is 18.4. The molecule has 0 heterocycles. The minimum absolute atomic E-state index is 0.148. The molecule has 0 unspecified atom stereocenters. The fraction of sp³-hybridized carbons (Fsp3) is 0.846. The third-order valence-corrected chi connectivity index (χ3v) is 3.15. The molecule has 2 N–H and O–H groups in total. The maximum absolute atomic E-state index is 11.5. The summed E-state index contributed by atoms with van der Waals surface area (Å²) >= 11 is 0. The first-order chi connectivity index (χ1) is 8.29. The van der Waals surface area contributed by atoms with E-state index in [1.54, 1.807) is 20.8 Å². The largest absolute Gasteiger partial charge is 0.481 e. The van der Waals surface area contributed by atoms with Gasteiger partial charge in [0.15, 0.2) is 0 Å². The Morgan fingerprint density at radius 2 is 1.89 bits per heavy atom. The zero-order valence-corrected chi connectivity index (χ0v) is 11.4. The van der Waals surface area contributed by atoms with Crippen LogP contribution < -0.4 is 5.32 Å². The third-order valence-electron chi connectivity index (χ3n) is 3.15. The monoisotopic (exact) mass is 257 g/mol. The Hall–Kier alpha value is -1.26. The van der Waals surface area contributed by atoms with Gasteiger partial charge in [-0.25, -0.2) is 4.79 Å². The Balaban J connectivity index is 2.42. The van der Waals surface area contributed by atoms with E-state index < -0.39 is 23.6 Å². The van der Waals surface area contributed by atoms with Crippen LogP contribution in [0, 0.1) is 11.8 Å². The molecule has 18 heavy (non-hydrogen) atoms. The lowest BCUT2D eigenvalue weighted by molar-refractivity contribution is -0.143. The van der Waals surface area contributed by atoms with Crippen molar-refractivity contribution in [2.75, 3.05) is 6.54 Å². The number of carboxylic acid groups (broad SMARTS) is 1. The molecule has 0 aromatic rings. The molecule has 5 heteroatoms. The van der Waals surface area contributed by atoms with E-state index >= 15 is 0 Å². The van der Waals surface area contributed by atoms with Gasteiger partial charge in [-0.15, -0.1) is 0 Å². The number of aliphatic carboxylic acids is 1. The number of hydrogen-bond donors (Lipinski definition) is 2. The smallest absolute Gasteiger partial charge is 0.407 e. The summed E-state index contributed by atoms with van der Waals surface area (Å²) in [7, 11) is 0. The summed E-state index contributed by atoms with van der Waals surface area (Å²) in [5.41, 5.74) is -0.559. The molecule has 0 bridgehead atoms. The second-order valence-corrected chi connectivity index (χ2v) is 5.87. The number of carbonyl (C=O) groups is 2. The Morgan fingerprint density at radius 3 is 2.33 bits per heavy atom. The average molecular weight is 257 g/mol. The Labute approximate surface area is 108 Å². The molecule has 0 spiro atoms. The van der Waals surface area contributed by atoms with E-state index in [0.29, 0.717) is 0 Å². The van der Waals surface area contributed by atoms with E-state index in [0.717, 1.165) is 25.7 Å². The fourth-order valence-corrected chi connectivity index (χ4v) is 2.32. The summed E-state index contributed by atoms with van der Waals surface area (Å²) < 4.78 is 5.09. The second kappa shape index (κ2) is 6.07. The molecule has 1 atom stereocenters. The molecule has 0 radical (unpaired) electrons. The van der Waals surface area contributed by atoms with E-state index in [-0.39, 0.29) is 12.5 Å². The number of amides is 1. The molecule has 1 aliphatic rings. The fourth-order valence-electron chi connectivity index (χ4n) is 2.32. The first kappa shape index (κ1) is 14.8. The van der Waals surface area contributed by atoms with Gasteiger partial charge < -0.3 is 15.2 Å². The predicted molar refractivity (Wildman–Crippen MR) is 67.3 cm³/mol. The van der Waals surface area contributed by atoms with Crippen LogP contribution in [-0.4, -0.2) is 29.3 Å². The van der Waals surface area contributed by atoms with Gasteiger partial charge >= 0.3 is 12.1 Å². The second-order valence-electron chi connectivity index (χ2n) is 5.87. The van der Waals surface area contributed by atoms with Crippen LogP contribution in [0.1, 0.15) is 46.5 Å². The quantitative estimate of drug-likeness (QED) is 0.811. The Morgan fingerprint density at radius 1 is 1.33 bits per heavy atom. The van der Waals surface area contributed by atoms with Gasteiger partial charge in [0.2, 0.25) is 0 Å². The molecular weight excluding hydrogens is 234 g/mol. The Bertz CT molecular complexity index is 303. The van der Waals surface area contributed by atoms with Gasteiger partial charge in [0.25, 0.3) is 0 Å². The molecule has 0 aromatic carbocycles. The summed E-state index contributed by atoms with van der Waals surface area (Å²) in [6.07, 6.45) is 3.49. The van der Waals surface area contributed by atoms with Crippen molar-refractivity contribution >= 4 is 12.1 Å². The number of alkyl carbamates (subject to hydrolysis) is 1. The molecule has 0 aromatic heterocycles. The van der Waals surface area contributed by atoms with E-state index in [1.165, 1.54) is 0 Å². The molecule has 5 nitrogen and oxygen atoms in total. The third kappa shape index (κ3) is 4.94. The number of ether oxygens (including phenoxy) is 1. The van der Waals surface area contributed by atoms with Gasteiger partial charge in [-0.3, -0.25) is 4.79 Å². The van der Waals surface area contributed by atoms with Crippen molar-refractivity contribution in [1.29, 1.82) is 0 Å². The van der Waals surface area contributed by atoms with Gasteiger partial charge in [0.05, 0.1) is 5.92 Å². The molecule has 0 saturated heterocycles. The van der Waals surface area contributed by atoms with Crippen molar-refractivity contribution < 1.29 is 19.4 Å². The lowest BCUT2D eigenvalue weighted by atomic mass is 9.91. The summed E-state index contributed by atoms with van der Waals surface area (Å²) in [6.45, 7) is 5.48. The molecule has 1 saturated carbocycles. The highest BCUT2D eigenvalue weighted by Gasteiger charge is 2.31. The highest BCUT2D eigenvalue weighted by molar-refractivity contribution is 5.73.